The van der Waals surface area contributed by atoms with Crippen LogP contribution < -0.4 is 5.32 Å². The van der Waals surface area contributed by atoms with E-state index < -0.39 is 5.97 Å². The molecule has 0 fully saturated rings. The Morgan fingerprint density at radius 3 is 2.70 bits per heavy atom. The monoisotopic (exact) mass is 331 g/mol. The van der Waals surface area contributed by atoms with Gasteiger partial charge in [0.05, 0.1) is 23.2 Å². The van der Waals surface area contributed by atoms with Gasteiger partial charge in [0.25, 0.3) is 0 Å². The molecule has 0 spiro atoms. The first-order valence-electron chi connectivity index (χ1n) is 7.30. The second-order valence-electron chi connectivity index (χ2n) is 5.74. The molecule has 120 valence electrons. The fourth-order valence-electron chi connectivity index (χ4n) is 2.61. The normalized spacial score (nSPS) is 17.5. The number of rotatable bonds is 3. The summed E-state index contributed by atoms with van der Waals surface area (Å²) >= 11 is 1.61. The van der Waals surface area contributed by atoms with E-state index in [1.807, 2.05) is 0 Å². The van der Waals surface area contributed by atoms with Gasteiger partial charge in [0.15, 0.2) is 0 Å². The molecular weight excluding hydrogens is 314 g/mol. The van der Waals surface area contributed by atoms with Gasteiger partial charge < -0.3 is 10.4 Å². The number of aromatic carboxylic acids is 1. The first-order chi connectivity index (χ1) is 11.0. The third-order valence-corrected chi connectivity index (χ3v) is 5.31. The smallest absolute Gasteiger partial charge is 0.335 e. The molecule has 1 amide bonds. The predicted molar refractivity (Wildman–Crippen MR) is 89.2 cm³/mol. The summed E-state index contributed by atoms with van der Waals surface area (Å²) in [5.41, 5.74) is 1.93. The molecule has 0 radical (unpaired) electrons. The molecule has 0 bridgehead atoms. The molecule has 2 heterocycles. The Morgan fingerprint density at radius 1 is 1.39 bits per heavy atom. The number of fused-ring (bicyclic) bond motifs is 1. The van der Waals surface area contributed by atoms with E-state index in [-0.39, 0.29) is 16.7 Å². The molecule has 2 N–H and O–H groups in total. The van der Waals surface area contributed by atoms with Crippen LogP contribution in [0.4, 0.5) is 5.82 Å². The molecule has 0 saturated heterocycles. The predicted octanol–water partition coefficient (Wildman–Crippen LogP) is 2.95. The number of nitrogens with one attached hydrogen (secondary N) is 1. The topological polar surface area (TPSA) is 84.2 Å². The molecule has 1 aromatic heterocycles. The molecular formula is C16H17N3O3S. The second kappa shape index (κ2) is 6.08. The Labute approximate surface area is 137 Å². The van der Waals surface area contributed by atoms with Gasteiger partial charge in [0.2, 0.25) is 5.91 Å². The van der Waals surface area contributed by atoms with E-state index in [4.69, 9.17) is 5.11 Å². The highest BCUT2D eigenvalue weighted by Gasteiger charge is 2.28. The lowest BCUT2D eigenvalue weighted by Gasteiger charge is -2.17. The lowest BCUT2D eigenvalue weighted by molar-refractivity contribution is -0.113. The van der Waals surface area contributed by atoms with Crippen LogP contribution in [0.2, 0.25) is 0 Å². The van der Waals surface area contributed by atoms with Crippen LogP contribution in [-0.2, 0) is 4.79 Å². The van der Waals surface area contributed by atoms with Gasteiger partial charge in [-0.05, 0) is 30.2 Å². The van der Waals surface area contributed by atoms with Gasteiger partial charge in [-0.25, -0.2) is 9.48 Å². The van der Waals surface area contributed by atoms with Crippen molar-refractivity contribution >= 4 is 29.5 Å². The Bertz CT molecular complexity index is 752. The van der Waals surface area contributed by atoms with Crippen molar-refractivity contribution in [2.45, 2.75) is 19.1 Å². The van der Waals surface area contributed by atoms with E-state index in [9.17, 15) is 9.59 Å². The number of nitrogens with zero attached hydrogens (tertiary/aromatic N) is 2. The minimum absolute atomic E-state index is 0.0525. The van der Waals surface area contributed by atoms with Crippen molar-refractivity contribution in [1.82, 2.24) is 9.78 Å². The zero-order valence-corrected chi connectivity index (χ0v) is 13.6. The van der Waals surface area contributed by atoms with Crippen molar-refractivity contribution in [2.75, 3.05) is 11.1 Å². The van der Waals surface area contributed by atoms with Crippen LogP contribution in [0.1, 0.15) is 35.0 Å². The maximum atomic E-state index is 12.0. The van der Waals surface area contributed by atoms with E-state index in [2.05, 4.69) is 24.3 Å². The summed E-state index contributed by atoms with van der Waals surface area (Å²) in [6.07, 6.45) is 1.78. The number of carboxylic acid groups (broad SMARTS) is 1. The van der Waals surface area contributed by atoms with Gasteiger partial charge in [-0.15, -0.1) is 11.8 Å². The summed E-state index contributed by atoms with van der Waals surface area (Å²) in [6, 6.07) is 6.43. The number of carbonyl (C=O) groups is 2. The summed E-state index contributed by atoms with van der Waals surface area (Å²) in [6.45, 7) is 4.24. The molecule has 0 unspecified atom stereocenters. The summed E-state index contributed by atoms with van der Waals surface area (Å²) in [5.74, 6) is 0.430. The fourth-order valence-corrected chi connectivity index (χ4v) is 3.75. The third-order valence-electron chi connectivity index (χ3n) is 3.72. The highest BCUT2D eigenvalue weighted by Crippen LogP contribution is 2.41. The lowest BCUT2D eigenvalue weighted by atomic mass is 10.0. The van der Waals surface area contributed by atoms with E-state index in [1.165, 1.54) is 12.1 Å². The molecule has 0 saturated carbocycles. The van der Waals surface area contributed by atoms with Crippen molar-refractivity contribution in [1.29, 1.82) is 0 Å². The number of carboxylic acids is 1. The van der Waals surface area contributed by atoms with Gasteiger partial charge in [-0.3, -0.25) is 4.79 Å². The van der Waals surface area contributed by atoms with Gasteiger partial charge in [0, 0.05) is 10.8 Å². The number of hydrogen-bond acceptors (Lipinski definition) is 4. The average molecular weight is 331 g/mol. The van der Waals surface area contributed by atoms with Gasteiger partial charge in [0.1, 0.15) is 5.82 Å². The standard InChI is InChI=1S/C16H17N3O3S/c1-9(2)14-12-7-17-19(15(12)18-13(20)8-23-14)11-5-3-10(4-6-11)16(21)22/h3-7,9,14H,8H2,1-2H3,(H,18,20)(H,21,22)/t14-/m1/s1. The lowest BCUT2D eigenvalue weighted by Crippen LogP contribution is -2.15. The first kappa shape index (κ1) is 15.6. The highest BCUT2D eigenvalue weighted by atomic mass is 32.2. The number of hydrogen-bond donors (Lipinski definition) is 2. The third kappa shape index (κ3) is 2.96. The molecule has 23 heavy (non-hydrogen) atoms. The van der Waals surface area contributed by atoms with Crippen LogP contribution >= 0.6 is 11.8 Å². The Kier molecular flexibility index (Phi) is 4.12. The molecule has 2 aromatic rings. The van der Waals surface area contributed by atoms with Crippen molar-refractivity contribution in [2.24, 2.45) is 5.92 Å². The van der Waals surface area contributed by atoms with Crippen molar-refractivity contribution in [3.8, 4) is 5.69 Å². The molecule has 1 aliphatic heterocycles. The van der Waals surface area contributed by atoms with E-state index in [1.54, 1.807) is 34.8 Å². The van der Waals surface area contributed by atoms with Gasteiger partial charge >= 0.3 is 5.97 Å². The van der Waals surface area contributed by atoms with Crippen LogP contribution in [0.5, 0.6) is 0 Å². The molecule has 3 rings (SSSR count). The van der Waals surface area contributed by atoms with E-state index in [0.717, 1.165) is 5.56 Å². The van der Waals surface area contributed by atoms with Crippen molar-refractivity contribution < 1.29 is 14.7 Å². The van der Waals surface area contributed by atoms with Crippen LogP contribution in [0, 0.1) is 5.92 Å². The van der Waals surface area contributed by atoms with Gasteiger partial charge in [-0.1, -0.05) is 13.8 Å². The zero-order chi connectivity index (χ0) is 16.6. The van der Waals surface area contributed by atoms with Crippen LogP contribution in [0.3, 0.4) is 0 Å². The summed E-state index contributed by atoms with van der Waals surface area (Å²) < 4.78 is 1.65. The summed E-state index contributed by atoms with van der Waals surface area (Å²) in [7, 11) is 0. The second-order valence-corrected chi connectivity index (χ2v) is 6.87. The zero-order valence-electron chi connectivity index (χ0n) is 12.8. The highest BCUT2D eigenvalue weighted by molar-refractivity contribution is 8.00. The number of aromatic nitrogens is 2. The average Bonchev–Trinajstić information content (AvgIpc) is 2.83. The molecule has 0 aliphatic carbocycles. The SMILES string of the molecule is CC(C)[C@H]1SCC(=O)Nc2c1cnn2-c1ccc(C(=O)O)cc1. The van der Waals surface area contributed by atoms with Crippen molar-refractivity contribution in [3.63, 3.8) is 0 Å². The largest absolute Gasteiger partial charge is 0.478 e. The van der Waals surface area contributed by atoms with Crippen LogP contribution in [0.15, 0.2) is 30.5 Å². The Balaban J connectivity index is 2.05. The molecule has 1 atom stereocenters. The minimum atomic E-state index is -0.972. The van der Waals surface area contributed by atoms with Crippen LogP contribution in [-0.4, -0.2) is 32.5 Å². The maximum absolute atomic E-state index is 12.0. The first-order valence-corrected chi connectivity index (χ1v) is 8.35. The number of thioether (sulfide) groups is 1. The Hall–Kier alpha value is -2.28. The minimum Gasteiger partial charge on any atom is -0.478 e. The quantitative estimate of drug-likeness (QED) is 0.903. The molecule has 6 nitrogen and oxygen atoms in total. The summed E-state index contributed by atoms with van der Waals surface area (Å²) in [4.78, 5) is 22.9. The number of carbonyl (C=O) groups excluding carboxylic acids is 1. The fraction of sp³-hybridized carbons (Fsp3) is 0.312. The number of benzene rings is 1. The Morgan fingerprint density at radius 2 is 2.09 bits per heavy atom. The molecule has 7 heteroatoms. The molecule has 1 aliphatic rings. The van der Waals surface area contributed by atoms with Gasteiger partial charge in [-0.2, -0.15) is 5.10 Å². The van der Waals surface area contributed by atoms with Crippen LogP contribution in [0.25, 0.3) is 5.69 Å². The summed E-state index contributed by atoms with van der Waals surface area (Å²) in [5, 5.41) is 16.5. The molecule has 1 aromatic carbocycles. The van der Waals surface area contributed by atoms with E-state index >= 15 is 0 Å². The number of amides is 1. The number of anilines is 1. The maximum Gasteiger partial charge on any atom is 0.335 e. The van der Waals surface area contributed by atoms with E-state index in [0.29, 0.717) is 23.2 Å². The van der Waals surface area contributed by atoms with Crippen molar-refractivity contribution in [3.05, 3.63) is 41.6 Å².